The summed E-state index contributed by atoms with van der Waals surface area (Å²) < 4.78 is 12.6. The largest absolute Gasteiger partial charge is 0.481 e. The molecule has 0 fully saturated rings. The third-order valence-electron chi connectivity index (χ3n) is 1.78. The molecule has 1 atom stereocenters. The predicted octanol–water partition coefficient (Wildman–Crippen LogP) is 2.01. The standard InChI is InChI=1S/C10H11IO3S/c11-9-3-1-8(2-4-9)7-15(14)6-5-10(12)13/h1-4H,5-7H2,(H,12,13). The summed E-state index contributed by atoms with van der Waals surface area (Å²) in [6.07, 6.45) is -0.0308. The number of carbonyl (C=O) groups is 1. The number of halogens is 1. The van der Waals surface area contributed by atoms with Crippen molar-refractivity contribution in [3.63, 3.8) is 0 Å². The third-order valence-corrected chi connectivity index (χ3v) is 3.82. The van der Waals surface area contributed by atoms with E-state index < -0.39 is 16.8 Å². The molecule has 0 spiro atoms. The van der Waals surface area contributed by atoms with E-state index in [1.165, 1.54) is 0 Å². The molecule has 0 bridgehead atoms. The monoisotopic (exact) mass is 338 g/mol. The van der Waals surface area contributed by atoms with Gasteiger partial charge in [-0.25, -0.2) is 0 Å². The normalized spacial score (nSPS) is 12.3. The highest BCUT2D eigenvalue weighted by molar-refractivity contribution is 14.1. The van der Waals surface area contributed by atoms with Crippen LogP contribution in [0.2, 0.25) is 0 Å². The summed E-state index contributed by atoms with van der Waals surface area (Å²) in [4.78, 5) is 10.3. The fourth-order valence-corrected chi connectivity index (χ4v) is 2.51. The molecule has 1 rings (SSSR count). The Kier molecular flexibility index (Phi) is 5.24. The molecule has 5 heteroatoms. The lowest BCUT2D eigenvalue weighted by Crippen LogP contribution is -2.06. The summed E-state index contributed by atoms with van der Waals surface area (Å²) in [7, 11) is -1.08. The average Bonchev–Trinajstić information content (AvgIpc) is 2.19. The van der Waals surface area contributed by atoms with Crippen LogP contribution in [0.5, 0.6) is 0 Å². The minimum atomic E-state index is -1.08. The molecule has 1 aromatic carbocycles. The van der Waals surface area contributed by atoms with Crippen LogP contribution < -0.4 is 0 Å². The molecule has 1 N–H and O–H groups in total. The van der Waals surface area contributed by atoms with Crippen LogP contribution in [-0.2, 0) is 21.3 Å². The Labute approximate surface area is 104 Å². The number of rotatable bonds is 5. The van der Waals surface area contributed by atoms with E-state index in [2.05, 4.69) is 22.6 Å². The van der Waals surface area contributed by atoms with E-state index in [4.69, 9.17) is 5.11 Å². The van der Waals surface area contributed by atoms with E-state index in [0.717, 1.165) is 9.13 Å². The highest BCUT2D eigenvalue weighted by Gasteiger charge is 2.04. The zero-order chi connectivity index (χ0) is 11.3. The minimum Gasteiger partial charge on any atom is -0.481 e. The van der Waals surface area contributed by atoms with Crippen molar-refractivity contribution in [3.8, 4) is 0 Å². The zero-order valence-corrected chi connectivity index (χ0v) is 11.0. The van der Waals surface area contributed by atoms with Gasteiger partial charge in [0.25, 0.3) is 0 Å². The molecular formula is C10H11IO3S. The number of carboxylic acid groups (broad SMARTS) is 1. The first kappa shape index (κ1) is 12.6. The van der Waals surface area contributed by atoms with Crippen molar-refractivity contribution in [1.82, 2.24) is 0 Å². The Bertz CT molecular complexity index is 361. The van der Waals surface area contributed by atoms with E-state index >= 15 is 0 Å². The Balaban J connectivity index is 2.44. The van der Waals surface area contributed by atoms with Gasteiger partial charge in [-0.3, -0.25) is 9.00 Å². The molecular weight excluding hydrogens is 327 g/mol. The van der Waals surface area contributed by atoms with Gasteiger partial charge in [0.1, 0.15) is 0 Å². The molecule has 0 amide bonds. The van der Waals surface area contributed by atoms with Crippen LogP contribution in [0.3, 0.4) is 0 Å². The molecule has 1 aromatic rings. The van der Waals surface area contributed by atoms with Crippen molar-refractivity contribution in [1.29, 1.82) is 0 Å². The van der Waals surface area contributed by atoms with E-state index in [1.807, 2.05) is 24.3 Å². The van der Waals surface area contributed by atoms with Crippen molar-refractivity contribution >= 4 is 39.4 Å². The van der Waals surface area contributed by atoms with Gasteiger partial charge in [-0.1, -0.05) is 12.1 Å². The maximum Gasteiger partial charge on any atom is 0.304 e. The van der Waals surface area contributed by atoms with Crippen LogP contribution in [0.4, 0.5) is 0 Å². The summed E-state index contributed by atoms with van der Waals surface area (Å²) in [6.45, 7) is 0. The quantitative estimate of drug-likeness (QED) is 0.836. The first-order chi connectivity index (χ1) is 7.08. The second-order valence-electron chi connectivity index (χ2n) is 3.06. The number of benzene rings is 1. The highest BCUT2D eigenvalue weighted by atomic mass is 127. The van der Waals surface area contributed by atoms with Gasteiger partial charge in [-0.2, -0.15) is 0 Å². The molecule has 0 saturated heterocycles. The van der Waals surface area contributed by atoms with Crippen molar-refractivity contribution in [2.24, 2.45) is 0 Å². The van der Waals surface area contributed by atoms with Crippen LogP contribution in [0, 0.1) is 3.57 Å². The Morgan fingerprint density at radius 2 is 1.93 bits per heavy atom. The van der Waals surface area contributed by atoms with Crippen LogP contribution >= 0.6 is 22.6 Å². The molecule has 0 aliphatic carbocycles. The highest BCUT2D eigenvalue weighted by Crippen LogP contribution is 2.09. The topological polar surface area (TPSA) is 54.4 Å². The smallest absolute Gasteiger partial charge is 0.304 e. The third kappa shape index (κ3) is 5.27. The van der Waals surface area contributed by atoms with Crippen molar-refractivity contribution in [2.45, 2.75) is 12.2 Å². The van der Waals surface area contributed by atoms with E-state index in [-0.39, 0.29) is 12.2 Å². The molecule has 0 radical (unpaired) electrons. The van der Waals surface area contributed by atoms with Gasteiger partial charge in [0.15, 0.2) is 0 Å². The van der Waals surface area contributed by atoms with E-state index in [1.54, 1.807) is 0 Å². The Morgan fingerprint density at radius 1 is 1.33 bits per heavy atom. The minimum absolute atomic E-state index is 0.0308. The lowest BCUT2D eigenvalue weighted by molar-refractivity contribution is -0.136. The lowest BCUT2D eigenvalue weighted by atomic mass is 10.2. The van der Waals surface area contributed by atoms with Gasteiger partial charge in [0.2, 0.25) is 0 Å². The average molecular weight is 338 g/mol. The Hall–Kier alpha value is -0.430. The van der Waals surface area contributed by atoms with Crippen molar-refractivity contribution in [2.75, 3.05) is 5.75 Å². The van der Waals surface area contributed by atoms with Crippen molar-refractivity contribution in [3.05, 3.63) is 33.4 Å². The number of hydrogen-bond acceptors (Lipinski definition) is 2. The van der Waals surface area contributed by atoms with Crippen LogP contribution in [-0.4, -0.2) is 21.0 Å². The summed E-state index contributed by atoms with van der Waals surface area (Å²) >= 11 is 2.20. The van der Waals surface area contributed by atoms with Gasteiger partial charge >= 0.3 is 5.97 Å². The second-order valence-corrected chi connectivity index (χ2v) is 5.88. The van der Waals surface area contributed by atoms with Crippen LogP contribution in [0.15, 0.2) is 24.3 Å². The predicted molar refractivity (Wildman–Crippen MR) is 68.1 cm³/mol. The molecule has 0 saturated carbocycles. The molecule has 0 heterocycles. The summed E-state index contributed by atoms with van der Waals surface area (Å²) in [6, 6.07) is 7.73. The van der Waals surface area contributed by atoms with Crippen LogP contribution in [0.25, 0.3) is 0 Å². The maximum atomic E-state index is 11.4. The summed E-state index contributed by atoms with van der Waals surface area (Å²) in [5.41, 5.74) is 0.985. The fourth-order valence-electron chi connectivity index (χ4n) is 1.04. The molecule has 3 nitrogen and oxygen atoms in total. The molecule has 0 aromatic heterocycles. The second kappa shape index (κ2) is 6.22. The molecule has 15 heavy (non-hydrogen) atoms. The molecule has 0 aliphatic heterocycles. The Morgan fingerprint density at radius 3 is 2.47 bits per heavy atom. The number of aliphatic carboxylic acids is 1. The van der Waals surface area contributed by atoms with Gasteiger partial charge in [0.05, 0.1) is 6.42 Å². The summed E-state index contributed by atoms with van der Waals surface area (Å²) in [5.74, 6) is -0.239. The molecule has 82 valence electrons. The van der Waals surface area contributed by atoms with Crippen LogP contribution in [0.1, 0.15) is 12.0 Å². The number of hydrogen-bond donors (Lipinski definition) is 1. The van der Waals surface area contributed by atoms with E-state index in [9.17, 15) is 9.00 Å². The van der Waals surface area contributed by atoms with Gasteiger partial charge in [0, 0.05) is 25.9 Å². The fraction of sp³-hybridized carbons (Fsp3) is 0.300. The first-order valence-electron chi connectivity index (χ1n) is 4.39. The molecule has 0 aliphatic rings. The lowest BCUT2D eigenvalue weighted by Gasteiger charge is -2.01. The zero-order valence-electron chi connectivity index (χ0n) is 7.98. The number of carboxylic acids is 1. The van der Waals surface area contributed by atoms with E-state index in [0.29, 0.717) is 5.75 Å². The maximum absolute atomic E-state index is 11.4. The van der Waals surface area contributed by atoms with Crippen molar-refractivity contribution < 1.29 is 14.1 Å². The van der Waals surface area contributed by atoms with Gasteiger partial charge in [-0.05, 0) is 40.3 Å². The molecule has 1 unspecified atom stereocenters. The van der Waals surface area contributed by atoms with Gasteiger partial charge in [-0.15, -0.1) is 0 Å². The SMILES string of the molecule is O=C(O)CCS(=O)Cc1ccc(I)cc1. The first-order valence-corrected chi connectivity index (χ1v) is 6.96. The summed E-state index contributed by atoms with van der Waals surface area (Å²) in [5, 5.41) is 8.43. The van der Waals surface area contributed by atoms with Gasteiger partial charge < -0.3 is 5.11 Å².